The summed E-state index contributed by atoms with van der Waals surface area (Å²) in [5, 5.41) is 6.76. The van der Waals surface area contributed by atoms with Gasteiger partial charge in [-0.3, -0.25) is 9.69 Å². The molecule has 1 atom stereocenters. The second-order valence-corrected chi connectivity index (χ2v) is 6.98. The minimum atomic E-state index is -0.251. The molecule has 8 nitrogen and oxygen atoms in total. The van der Waals surface area contributed by atoms with E-state index < -0.39 is 0 Å². The lowest BCUT2D eigenvalue weighted by Crippen LogP contribution is -2.27. The maximum Gasteiger partial charge on any atom is 0.292 e. The van der Waals surface area contributed by atoms with E-state index in [1.807, 2.05) is 18.2 Å². The highest BCUT2D eigenvalue weighted by atomic mass is 16.7. The van der Waals surface area contributed by atoms with E-state index in [1.165, 1.54) is 0 Å². The maximum absolute atomic E-state index is 12.1. The highest BCUT2D eigenvalue weighted by Gasteiger charge is 2.33. The van der Waals surface area contributed by atoms with Gasteiger partial charge in [0.05, 0.1) is 6.04 Å². The van der Waals surface area contributed by atoms with Crippen LogP contribution in [0.1, 0.15) is 53.8 Å². The molecule has 1 aromatic carbocycles. The molecule has 0 bridgehead atoms. The molecule has 0 unspecified atom stereocenters. The van der Waals surface area contributed by atoms with Crippen LogP contribution in [0, 0.1) is 0 Å². The lowest BCUT2D eigenvalue weighted by atomic mass is 10.1. The summed E-state index contributed by atoms with van der Waals surface area (Å²) in [6.45, 7) is 1.91. The molecular weight excluding hydrogens is 336 g/mol. The molecule has 1 amide bonds. The third kappa shape index (κ3) is 2.90. The van der Waals surface area contributed by atoms with Crippen LogP contribution in [0.25, 0.3) is 0 Å². The van der Waals surface area contributed by atoms with Crippen molar-refractivity contribution in [1.82, 2.24) is 20.4 Å². The Morgan fingerprint density at radius 2 is 2.19 bits per heavy atom. The number of para-hydroxylation sites is 1. The Kier molecular flexibility index (Phi) is 3.77. The first kappa shape index (κ1) is 15.6. The second-order valence-electron chi connectivity index (χ2n) is 6.98. The number of carbonyl (C=O) groups is 1. The monoisotopic (exact) mass is 356 g/mol. The van der Waals surface area contributed by atoms with Crippen LogP contribution in [-0.4, -0.2) is 40.3 Å². The van der Waals surface area contributed by atoms with Gasteiger partial charge in [0.2, 0.25) is 12.7 Å². The fourth-order valence-corrected chi connectivity index (χ4v) is 3.57. The van der Waals surface area contributed by atoms with E-state index in [1.54, 1.807) is 0 Å². The zero-order valence-corrected chi connectivity index (χ0v) is 14.3. The fourth-order valence-electron chi connectivity index (χ4n) is 3.57. The van der Waals surface area contributed by atoms with Gasteiger partial charge < -0.3 is 19.3 Å². The first-order valence-corrected chi connectivity index (χ1v) is 9.04. The van der Waals surface area contributed by atoms with Crippen LogP contribution in [0.2, 0.25) is 0 Å². The topological polar surface area (TPSA) is 89.7 Å². The van der Waals surface area contributed by atoms with E-state index in [4.69, 9.17) is 14.0 Å². The summed E-state index contributed by atoms with van der Waals surface area (Å²) in [5.41, 5.74) is 1.08. The number of benzene rings is 1. The lowest BCUT2D eigenvalue weighted by Gasteiger charge is -2.22. The number of carbonyl (C=O) groups excluding carboxylic acids is 1. The first-order valence-electron chi connectivity index (χ1n) is 9.04. The maximum atomic E-state index is 12.1. The van der Waals surface area contributed by atoms with Gasteiger partial charge in [-0.25, -0.2) is 0 Å². The van der Waals surface area contributed by atoms with Crippen molar-refractivity contribution in [2.24, 2.45) is 0 Å². The molecule has 3 aliphatic rings. The van der Waals surface area contributed by atoms with E-state index in [9.17, 15) is 4.79 Å². The number of aromatic nitrogens is 2. The van der Waals surface area contributed by atoms with Crippen LogP contribution in [0.4, 0.5) is 0 Å². The third-order valence-corrected chi connectivity index (χ3v) is 5.06. The zero-order valence-electron chi connectivity index (χ0n) is 14.3. The molecule has 1 saturated carbocycles. The summed E-state index contributed by atoms with van der Waals surface area (Å²) in [6, 6.07) is 6.22. The van der Waals surface area contributed by atoms with Crippen molar-refractivity contribution in [3.63, 3.8) is 0 Å². The van der Waals surface area contributed by atoms with Gasteiger partial charge in [-0.05, 0) is 38.3 Å². The van der Waals surface area contributed by atoms with Crippen LogP contribution in [0.5, 0.6) is 11.5 Å². The van der Waals surface area contributed by atoms with Crippen LogP contribution in [0.15, 0.2) is 22.7 Å². The van der Waals surface area contributed by atoms with E-state index in [-0.39, 0.29) is 30.6 Å². The summed E-state index contributed by atoms with van der Waals surface area (Å²) in [4.78, 5) is 18.7. The number of fused-ring (bicyclic) bond motifs is 1. The minimum absolute atomic E-state index is 0.0168. The molecule has 136 valence electrons. The van der Waals surface area contributed by atoms with Gasteiger partial charge in [-0.15, -0.1) is 0 Å². The SMILES string of the molecule is O=C(NC1CC1)c1noc([C@H]2CCCN2Cc2cccc3c2OCO3)n1. The van der Waals surface area contributed by atoms with Crippen LogP contribution in [-0.2, 0) is 6.54 Å². The van der Waals surface area contributed by atoms with Crippen molar-refractivity contribution in [3.8, 4) is 11.5 Å². The third-order valence-electron chi connectivity index (χ3n) is 5.06. The molecule has 3 heterocycles. The molecule has 1 saturated heterocycles. The predicted molar refractivity (Wildman–Crippen MR) is 89.7 cm³/mol. The molecule has 26 heavy (non-hydrogen) atoms. The van der Waals surface area contributed by atoms with Crippen LogP contribution in [0.3, 0.4) is 0 Å². The van der Waals surface area contributed by atoms with Crippen molar-refractivity contribution in [2.45, 2.75) is 44.3 Å². The summed E-state index contributed by atoms with van der Waals surface area (Å²) in [5.74, 6) is 1.98. The van der Waals surface area contributed by atoms with Gasteiger partial charge >= 0.3 is 0 Å². The average Bonchev–Trinajstić information content (AvgIpc) is 3.09. The Balaban J connectivity index is 1.32. The Hall–Kier alpha value is -2.61. The molecule has 2 aromatic rings. The molecule has 2 aliphatic heterocycles. The Morgan fingerprint density at radius 3 is 3.08 bits per heavy atom. The molecule has 1 aromatic heterocycles. The minimum Gasteiger partial charge on any atom is -0.454 e. The largest absolute Gasteiger partial charge is 0.454 e. The Morgan fingerprint density at radius 1 is 1.27 bits per heavy atom. The highest BCUT2D eigenvalue weighted by Crippen LogP contribution is 2.39. The number of ether oxygens (including phenoxy) is 2. The Bertz CT molecular complexity index is 832. The summed E-state index contributed by atoms with van der Waals surface area (Å²) >= 11 is 0. The van der Waals surface area contributed by atoms with Gasteiger partial charge in [0.25, 0.3) is 11.7 Å². The lowest BCUT2D eigenvalue weighted by molar-refractivity contribution is 0.0937. The van der Waals surface area contributed by atoms with E-state index in [0.717, 1.165) is 49.3 Å². The van der Waals surface area contributed by atoms with Gasteiger partial charge in [0.15, 0.2) is 11.5 Å². The number of nitrogens with zero attached hydrogens (tertiary/aromatic N) is 3. The molecule has 5 rings (SSSR count). The summed E-state index contributed by atoms with van der Waals surface area (Å²) in [7, 11) is 0. The molecule has 0 spiro atoms. The van der Waals surface area contributed by atoms with Gasteiger partial charge in [0.1, 0.15) is 0 Å². The van der Waals surface area contributed by atoms with Crippen LogP contribution < -0.4 is 14.8 Å². The van der Waals surface area contributed by atoms with Crippen molar-refractivity contribution >= 4 is 5.91 Å². The van der Waals surface area contributed by atoms with E-state index >= 15 is 0 Å². The molecule has 0 radical (unpaired) electrons. The summed E-state index contributed by atoms with van der Waals surface area (Å²) < 4.78 is 16.5. The number of hydrogen-bond donors (Lipinski definition) is 1. The number of rotatable bonds is 5. The van der Waals surface area contributed by atoms with E-state index in [0.29, 0.717) is 12.4 Å². The Labute approximate surface area is 150 Å². The van der Waals surface area contributed by atoms with Gasteiger partial charge in [0, 0.05) is 18.2 Å². The van der Waals surface area contributed by atoms with Crippen molar-refractivity contribution in [3.05, 3.63) is 35.5 Å². The van der Waals surface area contributed by atoms with Crippen LogP contribution >= 0.6 is 0 Å². The molecule has 2 fully saturated rings. The van der Waals surface area contributed by atoms with Crippen molar-refractivity contribution in [2.75, 3.05) is 13.3 Å². The first-order chi connectivity index (χ1) is 12.8. The zero-order chi connectivity index (χ0) is 17.5. The number of likely N-dealkylation sites (tertiary alicyclic amines) is 1. The van der Waals surface area contributed by atoms with Crippen molar-refractivity contribution < 1.29 is 18.8 Å². The van der Waals surface area contributed by atoms with Gasteiger partial charge in [-0.1, -0.05) is 17.3 Å². The number of nitrogens with one attached hydrogen (secondary N) is 1. The second kappa shape index (κ2) is 6.28. The molecular formula is C18H20N4O4. The summed E-state index contributed by atoms with van der Waals surface area (Å²) in [6.07, 6.45) is 4.03. The van der Waals surface area contributed by atoms with E-state index in [2.05, 4.69) is 20.4 Å². The quantitative estimate of drug-likeness (QED) is 0.876. The molecule has 1 aliphatic carbocycles. The normalized spacial score (nSPS) is 21.9. The number of hydrogen-bond acceptors (Lipinski definition) is 7. The van der Waals surface area contributed by atoms with Crippen molar-refractivity contribution in [1.29, 1.82) is 0 Å². The highest BCUT2D eigenvalue weighted by molar-refractivity contribution is 5.90. The molecule has 1 N–H and O–H groups in total. The smallest absolute Gasteiger partial charge is 0.292 e. The van der Waals surface area contributed by atoms with Gasteiger partial charge in [-0.2, -0.15) is 4.98 Å². The fraction of sp³-hybridized carbons (Fsp3) is 0.500. The average molecular weight is 356 g/mol. The number of amides is 1. The predicted octanol–water partition coefficient (Wildman–Crippen LogP) is 2.03. The standard InChI is InChI=1S/C18H20N4O4/c23-17(19-12-6-7-12)16-20-18(26-21-16)13-4-2-8-22(13)9-11-3-1-5-14-15(11)25-10-24-14/h1,3,5,12-13H,2,4,6-10H2,(H,19,23)/t13-/m1/s1. The molecule has 8 heteroatoms.